The summed E-state index contributed by atoms with van der Waals surface area (Å²) in [5, 5.41) is 0. The smallest absolute Gasteiger partial charge is 0.179 e. The molecule has 0 bridgehead atoms. The standard InChI is InChI=1S/C10H12FNO3S/c1-16(14,15)10-7(9(13)5-6-12)3-2-4-8(10)11/h2-4H,5-6,12H2,1H3. The van der Waals surface area contributed by atoms with E-state index >= 15 is 0 Å². The summed E-state index contributed by atoms with van der Waals surface area (Å²) in [6.07, 6.45) is 0.858. The lowest BCUT2D eigenvalue weighted by Crippen LogP contribution is -2.13. The number of hydrogen-bond donors (Lipinski definition) is 1. The third-order valence-corrected chi connectivity index (χ3v) is 3.17. The SMILES string of the molecule is CS(=O)(=O)c1c(F)cccc1C(=O)CCN. The maximum absolute atomic E-state index is 13.4. The predicted molar refractivity (Wildman–Crippen MR) is 57.5 cm³/mol. The van der Waals surface area contributed by atoms with E-state index in [1.807, 2.05) is 0 Å². The highest BCUT2D eigenvalue weighted by Gasteiger charge is 2.22. The Bertz CT molecular complexity index is 511. The first-order valence-electron chi connectivity index (χ1n) is 4.59. The van der Waals surface area contributed by atoms with Crippen molar-refractivity contribution < 1.29 is 17.6 Å². The van der Waals surface area contributed by atoms with Crippen molar-refractivity contribution in [3.8, 4) is 0 Å². The molecule has 0 aliphatic rings. The third-order valence-electron chi connectivity index (χ3n) is 2.01. The lowest BCUT2D eigenvalue weighted by atomic mass is 10.1. The van der Waals surface area contributed by atoms with Crippen molar-refractivity contribution in [2.75, 3.05) is 12.8 Å². The molecule has 4 nitrogen and oxygen atoms in total. The van der Waals surface area contributed by atoms with E-state index in [2.05, 4.69) is 0 Å². The number of rotatable bonds is 4. The van der Waals surface area contributed by atoms with E-state index in [-0.39, 0.29) is 18.5 Å². The number of carbonyl (C=O) groups excluding carboxylic acids is 1. The van der Waals surface area contributed by atoms with Crippen LogP contribution in [0.4, 0.5) is 4.39 Å². The number of hydrogen-bond acceptors (Lipinski definition) is 4. The number of Topliss-reactive ketones (excluding diaryl/α,β-unsaturated/α-hetero) is 1. The van der Waals surface area contributed by atoms with E-state index in [1.165, 1.54) is 12.1 Å². The van der Waals surface area contributed by atoms with Crippen molar-refractivity contribution in [3.63, 3.8) is 0 Å². The van der Waals surface area contributed by atoms with Crippen molar-refractivity contribution in [3.05, 3.63) is 29.6 Å². The van der Waals surface area contributed by atoms with Crippen molar-refractivity contribution in [1.29, 1.82) is 0 Å². The second kappa shape index (κ2) is 4.71. The van der Waals surface area contributed by atoms with Crippen LogP contribution in [0.15, 0.2) is 23.1 Å². The molecule has 0 atom stereocenters. The Morgan fingerprint density at radius 1 is 1.44 bits per heavy atom. The molecule has 0 aliphatic heterocycles. The van der Waals surface area contributed by atoms with Gasteiger partial charge in [0, 0.05) is 18.2 Å². The Morgan fingerprint density at radius 3 is 2.56 bits per heavy atom. The topological polar surface area (TPSA) is 77.2 Å². The first-order valence-corrected chi connectivity index (χ1v) is 6.49. The van der Waals surface area contributed by atoms with Gasteiger partial charge in [-0.2, -0.15) is 0 Å². The summed E-state index contributed by atoms with van der Waals surface area (Å²) in [7, 11) is -3.76. The highest BCUT2D eigenvalue weighted by atomic mass is 32.2. The van der Waals surface area contributed by atoms with Gasteiger partial charge < -0.3 is 5.73 Å². The van der Waals surface area contributed by atoms with Crippen LogP contribution in [0.1, 0.15) is 16.8 Å². The van der Waals surface area contributed by atoms with Gasteiger partial charge in [-0.1, -0.05) is 6.07 Å². The molecular weight excluding hydrogens is 233 g/mol. The van der Waals surface area contributed by atoms with Gasteiger partial charge in [0.15, 0.2) is 15.6 Å². The van der Waals surface area contributed by atoms with Gasteiger partial charge in [0.25, 0.3) is 0 Å². The van der Waals surface area contributed by atoms with Crippen LogP contribution in [0.25, 0.3) is 0 Å². The second-order valence-corrected chi connectivity index (χ2v) is 5.30. The first-order chi connectivity index (χ1) is 7.38. The van der Waals surface area contributed by atoms with Gasteiger partial charge in [-0.15, -0.1) is 0 Å². The van der Waals surface area contributed by atoms with Gasteiger partial charge >= 0.3 is 0 Å². The van der Waals surface area contributed by atoms with E-state index < -0.39 is 26.3 Å². The van der Waals surface area contributed by atoms with Crippen LogP contribution in [0.2, 0.25) is 0 Å². The molecular formula is C10H12FNO3S. The van der Waals surface area contributed by atoms with Crippen molar-refractivity contribution in [2.45, 2.75) is 11.3 Å². The molecule has 0 aliphatic carbocycles. The zero-order valence-corrected chi connectivity index (χ0v) is 9.55. The molecule has 0 aromatic heterocycles. The van der Waals surface area contributed by atoms with Crippen molar-refractivity contribution >= 4 is 15.6 Å². The molecule has 16 heavy (non-hydrogen) atoms. The van der Waals surface area contributed by atoms with Gasteiger partial charge in [0.05, 0.1) is 0 Å². The largest absolute Gasteiger partial charge is 0.330 e. The molecule has 1 aromatic rings. The van der Waals surface area contributed by atoms with E-state index in [9.17, 15) is 17.6 Å². The fourth-order valence-corrected chi connectivity index (χ4v) is 2.37. The third kappa shape index (κ3) is 2.65. The van der Waals surface area contributed by atoms with Crippen molar-refractivity contribution in [1.82, 2.24) is 0 Å². The van der Waals surface area contributed by atoms with E-state index in [0.717, 1.165) is 12.3 Å². The Morgan fingerprint density at radius 2 is 2.06 bits per heavy atom. The number of benzene rings is 1. The molecule has 0 unspecified atom stereocenters. The molecule has 0 radical (unpaired) electrons. The van der Waals surface area contributed by atoms with E-state index in [0.29, 0.717) is 0 Å². The second-order valence-electron chi connectivity index (χ2n) is 3.35. The Balaban J connectivity index is 3.41. The Labute approximate surface area is 93.2 Å². The van der Waals surface area contributed by atoms with Crippen LogP contribution in [0.3, 0.4) is 0 Å². The number of carbonyl (C=O) groups is 1. The summed E-state index contributed by atoms with van der Waals surface area (Å²) in [4.78, 5) is 11.0. The molecule has 88 valence electrons. The maximum atomic E-state index is 13.4. The summed E-state index contributed by atoms with van der Waals surface area (Å²) in [6.45, 7) is 0.0958. The minimum atomic E-state index is -3.76. The fraction of sp³-hybridized carbons (Fsp3) is 0.300. The van der Waals surface area contributed by atoms with Crippen LogP contribution < -0.4 is 5.73 Å². The quantitative estimate of drug-likeness (QED) is 0.794. The van der Waals surface area contributed by atoms with E-state index in [4.69, 9.17) is 5.73 Å². The number of sulfone groups is 1. The average Bonchev–Trinajstić information content (AvgIpc) is 2.15. The van der Waals surface area contributed by atoms with Gasteiger partial charge in [0.2, 0.25) is 0 Å². The maximum Gasteiger partial charge on any atom is 0.179 e. The van der Waals surface area contributed by atoms with Crippen LogP contribution in [-0.4, -0.2) is 27.0 Å². The first kappa shape index (κ1) is 12.8. The zero-order chi connectivity index (χ0) is 12.3. The summed E-state index contributed by atoms with van der Waals surface area (Å²) in [5.41, 5.74) is 5.07. The Kier molecular flexibility index (Phi) is 3.77. The molecule has 6 heteroatoms. The van der Waals surface area contributed by atoms with Gasteiger partial charge in [-0.3, -0.25) is 4.79 Å². The summed E-state index contributed by atoms with van der Waals surface area (Å²) >= 11 is 0. The van der Waals surface area contributed by atoms with Gasteiger partial charge in [-0.25, -0.2) is 12.8 Å². The minimum absolute atomic E-state index is 0.00796. The highest BCUT2D eigenvalue weighted by Crippen LogP contribution is 2.20. The van der Waals surface area contributed by atoms with E-state index in [1.54, 1.807) is 0 Å². The normalized spacial score (nSPS) is 11.4. The zero-order valence-electron chi connectivity index (χ0n) is 8.73. The number of nitrogens with two attached hydrogens (primary N) is 1. The molecule has 0 saturated carbocycles. The van der Waals surface area contributed by atoms with Crippen molar-refractivity contribution in [2.24, 2.45) is 5.73 Å². The Hall–Kier alpha value is -1.27. The molecule has 1 rings (SSSR count). The molecule has 2 N–H and O–H groups in total. The predicted octanol–water partition coefficient (Wildman–Crippen LogP) is 0.761. The lowest BCUT2D eigenvalue weighted by molar-refractivity contribution is 0.0981. The molecule has 0 spiro atoms. The van der Waals surface area contributed by atoms with Crippen LogP contribution in [-0.2, 0) is 9.84 Å². The van der Waals surface area contributed by atoms with Gasteiger partial charge in [-0.05, 0) is 18.7 Å². The van der Waals surface area contributed by atoms with Crippen LogP contribution in [0, 0.1) is 5.82 Å². The highest BCUT2D eigenvalue weighted by molar-refractivity contribution is 7.90. The molecule has 0 fully saturated rings. The minimum Gasteiger partial charge on any atom is -0.330 e. The number of halogens is 1. The molecule has 1 aromatic carbocycles. The summed E-state index contributed by atoms with van der Waals surface area (Å²) in [5.74, 6) is -1.38. The molecule has 0 amide bonds. The average molecular weight is 245 g/mol. The molecule has 0 heterocycles. The monoisotopic (exact) mass is 245 g/mol. The lowest BCUT2D eigenvalue weighted by Gasteiger charge is -2.07. The van der Waals surface area contributed by atoms with Gasteiger partial charge in [0.1, 0.15) is 10.7 Å². The fourth-order valence-electron chi connectivity index (χ4n) is 1.37. The van der Waals surface area contributed by atoms with Crippen LogP contribution in [0.5, 0.6) is 0 Å². The summed E-state index contributed by atoms with van der Waals surface area (Å²) in [6, 6.07) is 3.60. The van der Waals surface area contributed by atoms with Crippen LogP contribution >= 0.6 is 0 Å². The number of ketones is 1. The molecule has 0 saturated heterocycles. The summed E-state index contributed by atoms with van der Waals surface area (Å²) < 4.78 is 36.1.